The molecule has 0 bridgehead atoms. The van der Waals surface area contributed by atoms with Gasteiger partial charge in [0, 0.05) is 12.6 Å². The molecule has 0 saturated heterocycles. The molecule has 0 radical (unpaired) electrons. The van der Waals surface area contributed by atoms with Crippen LogP contribution in [0, 0.1) is 0 Å². The quantitative estimate of drug-likeness (QED) is 0.355. The van der Waals surface area contributed by atoms with Crippen molar-refractivity contribution in [3.05, 3.63) is 24.2 Å². The first-order valence-corrected chi connectivity index (χ1v) is 10.1. The monoisotopic (exact) mass is 330 g/mol. The number of oxazole rings is 1. The first-order chi connectivity index (χ1) is 11.9. The molecule has 0 fully saturated rings. The Bertz CT molecular complexity index is 517. The fourth-order valence-electron chi connectivity index (χ4n) is 3.21. The number of unbranched alkanes of at least 4 members (excludes halogenated alkanes) is 12. The molecule has 2 aromatic heterocycles. The number of aryl methyl sites for hydroxylation is 1. The molecule has 0 unspecified atom stereocenters. The van der Waals surface area contributed by atoms with E-state index in [0.717, 1.165) is 23.5 Å². The summed E-state index contributed by atoms with van der Waals surface area (Å²) in [6, 6.07) is 3.82. The zero-order valence-corrected chi connectivity index (χ0v) is 15.4. The van der Waals surface area contributed by atoms with E-state index in [9.17, 15) is 0 Å². The van der Waals surface area contributed by atoms with Crippen molar-refractivity contribution in [2.75, 3.05) is 0 Å². The normalized spacial score (nSPS) is 11.4. The van der Waals surface area contributed by atoms with Gasteiger partial charge >= 0.3 is 0 Å². The predicted octanol–water partition coefficient (Wildman–Crippen LogP) is 6.86. The molecule has 0 aliphatic heterocycles. The zero-order valence-electron chi connectivity index (χ0n) is 15.4. The third-order valence-corrected chi connectivity index (χ3v) is 4.70. The van der Waals surface area contributed by atoms with Gasteiger partial charge in [-0.25, -0.2) is 4.98 Å². The molecule has 0 saturated carbocycles. The van der Waals surface area contributed by atoms with Gasteiger partial charge in [0.1, 0.15) is 0 Å². The summed E-state index contributed by atoms with van der Waals surface area (Å²) in [5.74, 6) is 0.840. The molecule has 0 amide bonds. The molecule has 134 valence electrons. The summed E-state index contributed by atoms with van der Waals surface area (Å²) in [5, 5.41) is 0. The van der Waals surface area contributed by atoms with E-state index in [2.05, 4.69) is 16.9 Å². The lowest BCUT2D eigenvalue weighted by molar-refractivity contribution is 0.500. The van der Waals surface area contributed by atoms with Crippen molar-refractivity contribution < 1.29 is 4.42 Å². The molecule has 0 spiro atoms. The number of fused-ring (bicyclic) bond motifs is 1. The van der Waals surface area contributed by atoms with Crippen LogP contribution in [0.4, 0.5) is 0 Å². The molecule has 0 N–H and O–H groups in total. The van der Waals surface area contributed by atoms with Gasteiger partial charge in [0.25, 0.3) is 0 Å². The van der Waals surface area contributed by atoms with Crippen LogP contribution >= 0.6 is 0 Å². The lowest BCUT2D eigenvalue weighted by atomic mass is 10.0. The first-order valence-electron chi connectivity index (χ1n) is 10.1. The summed E-state index contributed by atoms with van der Waals surface area (Å²) >= 11 is 0. The van der Waals surface area contributed by atoms with Crippen molar-refractivity contribution in [1.82, 2.24) is 9.97 Å². The molecule has 3 nitrogen and oxygen atoms in total. The molecule has 0 atom stereocenters. The summed E-state index contributed by atoms with van der Waals surface area (Å²) in [7, 11) is 0. The second-order valence-electron chi connectivity index (χ2n) is 6.93. The van der Waals surface area contributed by atoms with Crippen LogP contribution in [0.15, 0.2) is 22.7 Å². The van der Waals surface area contributed by atoms with Crippen LogP contribution in [0.1, 0.15) is 96.3 Å². The topological polar surface area (TPSA) is 38.9 Å². The molecule has 0 aromatic carbocycles. The van der Waals surface area contributed by atoms with Crippen LogP contribution in [0.5, 0.6) is 0 Å². The summed E-state index contributed by atoms with van der Waals surface area (Å²) < 4.78 is 5.70. The molecule has 0 aliphatic rings. The maximum absolute atomic E-state index is 5.70. The van der Waals surface area contributed by atoms with Crippen molar-refractivity contribution in [2.24, 2.45) is 0 Å². The highest BCUT2D eigenvalue weighted by Crippen LogP contribution is 2.16. The molecule has 2 aromatic rings. The van der Waals surface area contributed by atoms with Crippen molar-refractivity contribution in [3.63, 3.8) is 0 Å². The fourth-order valence-corrected chi connectivity index (χ4v) is 3.21. The fraction of sp³-hybridized carbons (Fsp3) is 0.714. The van der Waals surface area contributed by atoms with Crippen LogP contribution < -0.4 is 0 Å². The van der Waals surface area contributed by atoms with Gasteiger partial charge in [0.2, 0.25) is 0 Å². The second kappa shape index (κ2) is 12.0. The molecular weight excluding hydrogens is 296 g/mol. The SMILES string of the molecule is CCCCCCCCCCCCCCCc1nc2ncccc2o1. The summed E-state index contributed by atoms with van der Waals surface area (Å²) in [4.78, 5) is 8.64. The van der Waals surface area contributed by atoms with Crippen LogP contribution in [0.25, 0.3) is 11.2 Å². The van der Waals surface area contributed by atoms with E-state index in [1.54, 1.807) is 6.20 Å². The smallest absolute Gasteiger partial charge is 0.198 e. The van der Waals surface area contributed by atoms with E-state index in [1.165, 1.54) is 83.5 Å². The van der Waals surface area contributed by atoms with Gasteiger partial charge in [0.05, 0.1) is 0 Å². The number of nitrogens with zero attached hydrogens (tertiary/aromatic N) is 2. The zero-order chi connectivity index (χ0) is 16.9. The highest BCUT2D eigenvalue weighted by molar-refractivity contribution is 5.66. The van der Waals surface area contributed by atoms with E-state index in [1.807, 2.05) is 12.1 Å². The number of hydrogen-bond donors (Lipinski definition) is 0. The van der Waals surface area contributed by atoms with Gasteiger partial charge in [-0.15, -0.1) is 0 Å². The number of pyridine rings is 1. The maximum atomic E-state index is 5.70. The van der Waals surface area contributed by atoms with Gasteiger partial charge in [-0.1, -0.05) is 84.0 Å². The van der Waals surface area contributed by atoms with Crippen molar-refractivity contribution in [1.29, 1.82) is 0 Å². The Hall–Kier alpha value is -1.38. The first kappa shape index (κ1) is 19.0. The van der Waals surface area contributed by atoms with Gasteiger partial charge < -0.3 is 4.42 Å². The number of hydrogen-bond acceptors (Lipinski definition) is 3. The Labute approximate surface area is 147 Å². The summed E-state index contributed by atoms with van der Waals surface area (Å²) in [6.45, 7) is 2.28. The number of aromatic nitrogens is 2. The average Bonchev–Trinajstić information content (AvgIpc) is 3.02. The van der Waals surface area contributed by atoms with Gasteiger partial charge in [-0.3, -0.25) is 0 Å². The molecular formula is C21H34N2O. The predicted molar refractivity (Wildman–Crippen MR) is 101 cm³/mol. The van der Waals surface area contributed by atoms with E-state index in [-0.39, 0.29) is 0 Å². The van der Waals surface area contributed by atoms with Crippen LogP contribution in [-0.4, -0.2) is 9.97 Å². The largest absolute Gasteiger partial charge is 0.439 e. The third-order valence-electron chi connectivity index (χ3n) is 4.70. The summed E-state index contributed by atoms with van der Waals surface area (Å²) in [5.41, 5.74) is 1.55. The Morgan fingerprint density at radius 2 is 1.38 bits per heavy atom. The molecule has 24 heavy (non-hydrogen) atoms. The average molecular weight is 331 g/mol. The van der Waals surface area contributed by atoms with Crippen LogP contribution in [0.3, 0.4) is 0 Å². The lowest BCUT2D eigenvalue weighted by Crippen LogP contribution is -1.87. The van der Waals surface area contributed by atoms with E-state index in [0.29, 0.717) is 0 Å². The Balaban J connectivity index is 1.39. The van der Waals surface area contributed by atoms with Crippen molar-refractivity contribution in [2.45, 2.75) is 96.8 Å². The van der Waals surface area contributed by atoms with E-state index < -0.39 is 0 Å². The maximum Gasteiger partial charge on any atom is 0.198 e. The Kier molecular flexibility index (Phi) is 9.52. The minimum atomic E-state index is 0.738. The van der Waals surface area contributed by atoms with Gasteiger partial charge in [-0.05, 0) is 18.6 Å². The number of rotatable bonds is 14. The van der Waals surface area contributed by atoms with Gasteiger partial charge in [0.15, 0.2) is 17.1 Å². The minimum absolute atomic E-state index is 0.738. The highest BCUT2D eigenvalue weighted by atomic mass is 16.3. The van der Waals surface area contributed by atoms with E-state index in [4.69, 9.17) is 4.42 Å². The van der Waals surface area contributed by atoms with Crippen molar-refractivity contribution >= 4 is 11.2 Å². The third kappa shape index (κ3) is 7.46. The second-order valence-corrected chi connectivity index (χ2v) is 6.93. The minimum Gasteiger partial charge on any atom is -0.439 e. The molecule has 2 heterocycles. The lowest BCUT2D eigenvalue weighted by Gasteiger charge is -2.02. The van der Waals surface area contributed by atoms with Crippen LogP contribution in [-0.2, 0) is 6.42 Å². The Morgan fingerprint density at radius 1 is 0.792 bits per heavy atom. The summed E-state index contributed by atoms with van der Waals surface area (Å²) in [6.07, 6.45) is 20.7. The van der Waals surface area contributed by atoms with E-state index >= 15 is 0 Å². The van der Waals surface area contributed by atoms with Crippen LogP contribution in [0.2, 0.25) is 0 Å². The molecule has 3 heteroatoms. The molecule has 2 rings (SSSR count). The standard InChI is InChI=1S/C21H34N2O/c1-2-3-4-5-6-7-8-9-10-11-12-13-14-17-20-23-21-19(24-20)16-15-18-22-21/h15-16,18H,2-14,17H2,1H3. The van der Waals surface area contributed by atoms with Gasteiger partial charge in [-0.2, -0.15) is 4.98 Å². The van der Waals surface area contributed by atoms with Crippen molar-refractivity contribution in [3.8, 4) is 0 Å². The molecule has 0 aliphatic carbocycles. The Morgan fingerprint density at radius 3 is 1.96 bits per heavy atom. The highest BCUT2D eigenvalue weighted by Gasteiger charge is 2.05.